The van der Waals surface area contributed by atoms with Crippen LogP contribution in [-0.4, -0.2) is 57.0 Å². The number of pyridine rings is 1. The quantitative estimate of drug-likeness (QED) is 0.802. The van der Waals surface area contributed by atoms with Gasteiger partial charge in [-0.05, 0) is 25.0 Å². The van der Waals surface area contributed by atoms with Gasteiger partial charge in [-0.25, -0.2) is 9.78 Å². The van der Waals surface area contributed by atoms with Crippen LogP contribution in [0.4, 0.5) is 0 Å². The Hall–Kier alpha value is -2.19. The highest BCUT2D eigenvalue weighted by Crippen LogP contribution is 2.32. The smallest absolute Gasteiger partial charge is 0.331 e. The SMILES string of the molecule is O=C(Cn1c(=O)n(C2CCCC2)c2ncccc21)N1CCC2(CC1)OCCO2. The lowest BCUT2D eigenvalue weighted by Gasteiger charge is -2.37. The van der Waals surface area contributed by atoms with E-state index in [1.165, 1.54) is 0 Å². The van der Waals surface area contributed by atoms with Crippen LogP contribution in [0.2, 0.25) is 0 Å². The third-order valence-corrected chi connectivity index (χ3v) is 6.40. The van der Waals surface area contributed by atoms with Crippen molar-refractivity contribution in [2.45, 2.75) is 56.9 Å². The normalized spacial score (nSPS) is 22.5. The van der Waals surface area contributed by atoms with E-state index >= 15 is 0 Å². The molecule has 0 bridgehead atoms. The number of fused-ring (bicyclic) bond motifs is 1. The maximum atomic E-state index is 13.2. The molecule has 0 N–H and O–H groups in total. The molecule has 2 aromatic rings. The molecule has 0 radical (unpaired) electrons. The van der Waals surface area contributed by atoms with Gasteiger partial charge in [-0.1, -0.05) is 12.8 Å². The monoisotopic (exact) mass is 386 g/mol. The van der Waals surface area contributed by atoms with Gasteiger partial charge in [0.05, 0.1) is 18.7 Å². The van der Waals surface area contributed by atoms with Crippen molar-refractivity contribution in [1.82, 2.24) is 19.0 Å². The number of aromatic nitrogens is 3. The van der Waals surface area contributed by atoms with Crippen LogP contribution in [0.3, 0.4) is 0 Å². The van der Waals surface area contributed by atoms with Gasteiger partial charge < -0.3 is 14.4 Å². The van der Waals surface area contributed by atoms with E-state index in [4.69, 9.17) is 9.47 Å². The zero-order chi connectivity index (χ0) is 19.1. The zero-order valence-electron chi connectivity index (χ0n) is 16.0. The first-order valence-electron chi connectivity index (χ1n) is 10.3. The topological polar surface area (TPSA) is 78.6 Å². The number of carbonyl (C=O) groups excluding carboxylic acids is 1. The fourth-order valence-corrected chi connectivity index (χ4v) is 4.87. The predicted molar refractivity (Wildman–Crippen MR) is 102 cm³/mol. The van der Waals surface area contributed by atoms with E-state index in [0.717, 1.165) is 31.2 Å². The Bertz CT molecular complexity index is 927. The molecule has 8 heteroatoms. The number of piperidine rings is 1. The van der Waals surface area contributed by atoms with Gasteiger partial charge in [0, 0.05) is 38.2 Å². The molecule has 1 saturated carbocycles. The standard InChI is InChI=1S/C20H26N4O4/c25-17(22-10-7-20(8-11-22)27-12-13-28-20)14-23-16-6-3-9-21-18(16)24(19(23)26)15-4-1-2-5-15/h3,6,9,15H,1-2,4-5,7-8,10-14H2. The Labute approximate surface area is 163 Å². The Morgan fingerprint density at radius 3 is 2.61 bits per heavy atom. The van der Waals surface area contributed by atoms with Crippen LogP contribution in [0, 0.1) is 0 Å². The molecule has 1 aliphatic carbocycles. The minimum absolute atomic E-state index is 0.0377. The molecular formula is C20H26N4O4. The van der Waals surface area contributed by atoms with E-state index in [-0.39, 0.29) is 24.2 Å². The number of carbonyl (C=O) groups is 1. The molecular weight excluding hydrogens is 360 g/mol. The highest BCUT2D eigenvalue weighted by Gasteiger charge is 2.40. The molecule has 5 rings (SSSR count). The summed E-state index contributed by atoms with van der Waals surface area (Å²) in [5, 5.41) is 0. The maximum absolute atomic E-state index is 13.2. The summed E-state index contributed by atoms with van der Waals surface area (Å²) in [5.74, 6) is -0.542. The van der Waals surface area contributed by atoms with Crippen molar-refractivity contribution in [2.24, 2.45) is 0 Å². The van der Waals surface area contributed by atoms with E-state index in [2.05, 4.69) is 4.98 Å². The highest BCUT2D eigenvalue weighted by molar-refractivity contribution is 5.79. The molecule has 28 heavy (non-hydrogen) atoms. The molecule has 2 saturated heterocycles. The Balaban J connectivity index is 1.38. The van der Waals surface area contributed by atoms with E-state index in [0.29, 0.717) is 44.8 Å². The summed E-state index contributed by atoms with van der Waals surface area (Å²) in [6, 6.07) is 3.89. The van der Waals surface area contributed by atoms with E-state index in [1.807, 2.05) is 17.0 Å². The number of imidazole rings is 1. The fourth-order valence-electron chi connectivity index (χ4n) is 4.87. The van der Waals surface area contributed by atoms with Gasteiger partial charge in [-0.2, -0.15) is 0 Å². The molecule has 0 atom stereocenters. The molecule has 150 valence electrons. The summed E-state index contributed by atoms with van der Waals surface area (Å²) in [4.78, 5) is 32.4. The lowest BCUT2D eigenvalue weighted by Crippen LogP contribution is -2.48. The van der Waals surface area contributed by atoms with E-state index in [9.17, 15) is 9.59 Å². The van der Waals surface area contributed by atoms with Gasteiger partial charge in [-0.3, -0.25) is 13.9 Å². The number of nitrogens with zero attached hydrogens (tertiary/aromatic N) is 4. The molecule has 4 heterocycles. The van der Waals surface area contributed by atoms with Crippen LogP contribution >= 0.6 is 0 Å². The van der Waals surface area contributed by atoms with Crippen LogP contribution in [0.25, 0.3) is 11.2 Å². The average Bonchev–Trinajstić information content (AvgIpc) is 3.44. The number of hydrogen-bond donors (Lipinski definition) is 0. The first-order valence-corrected chi connectivity index (χ1v) is 10.3. The van der Waals surface area contributed by atoms with Crippen molar-refractivity contribution in [3.05, 3.63) is 28.8 Å². The first-order chi connectivity index (χ1) is 13.7. The minimum Gasteiger partial charge on any atom is -0.347 e. The van der Waals surface area contributed by atoms with Crippen LogP contribution in [0.1, 0.15) is 44.6 Å². The molecule has 0 unspecified atom stereocenters. The second-order valence-electron chi connectivity index (χ2n) is 8.01. The van der Waals surface area contributed by atoms with Crippen LogP contribution in [0.5, 0.6) is 0 Å². The second kappa shape index (κ2) is 7.00. The van der Waals surface area contributed by atoms with E-state index < -0.39 is 5.79 Å². The van der Waals surface area contributed by atoms with Gasteiger partial charge in [-0.15, -0.1) is 0 Å². The third-order valence-electron chi connectivity index (χ3n) is 6.40. The Morgan fingerprint density at radius 2 is 1.89 bits per heavy atom. The average molecular weight is 386 g/mol. The predicted octanol–water partition coefficient (Wildman–Crippen LogP) is 1.68. The van der Waals surface area contributed by atoms with Gasteiger partial charge in [0.15, 0.2) is 11.4 Å². The van der Waals surface area contributed by atoms with Gasteiger partial charge in [0.2, 0.25) is 5.91 Å². The molecule has 3 aliphatic rings. The zero-order valence-corrected chi connectivity index (χ0v) is 16.0. The van der Waals surface area contributed by atoms with Gasteiger partial charge in [0.1, 0.15) is 6.54 Å². The molecule has 8 nitrogen and oxygen atoms in total. The summed E-state index contributed by atoms with van der Waals surface area (Å²) >= 11 is 0. The molecule has 1 amide bonds. The number of amides is 1. The summed E-state index contributed by atoms with van der Waals surface area (Å²) in [7, 11) is 0. The van der Waals surface area contributed by atoms with Crippen molar-refractivity contribution in [3.8, 4) is 0 Å². The fraction of sp³-hybridized carbons (Fsp3) is 0.650. The second-order valence-corrected chi connectivity index (χ2v) is 8.01. The summed E-state index contributed by atoms with van der Waals surface area (Å²) in [6.07, 6.45) is 7.34. The molecule has 0 aromatic carbocycles. The van der Waals surface area contributed by atoms with Crippen LogP contribution in [-0.2, 0) is 20.8 Å². The first kappa shape index (κ1) is 17.9. The lowest BCUT2D eigenvalue weighted by molar-refractivity contribution is -0.187. The summed E-state index contributed by atoms with van der Waals surface area (Å²) in [5.41, 5.74) is 1.31. The number of rotatable bonds is 3. The lowest BCUT2D eigenvalue weighted by atomic mass is 10.0. The van der Waals surface area contributed by atoms with Crippen molar-refractivity contribution in [2.75, 3.05) is 26.3 Å². The van der Waals surface area contributed by atoms with Crippen molar-refractivity contribution >= 4 is 17.1 Å². The summed E-state index contributed by atoms with van der Waals surface area (Å²) < 4.78 is 14.9. The molecule has 2 aliphatic heterocycles. The Morgan fingerprint density at radius 1 is 1.18 bits per heavy atom. The maximum Gasteiger partial charge on any atom is 0.331 e. The molecule has 1 spiro atoms. The van der Waals surface area contributed by atoms with Crippen molar-refractivity contribution in [1.29, 1.82) is 0 Å². The van der Waals surface area contributed by atoms with Crippen molar-refractivity contribution in [3.63, 3.8) is 0 Å². The molecule has 3 fully saturated rings. The summed E-state index contributed by atoms with van der Waals surface area (Å²) in [6.45, 7) is 2.48. The molecule has 2 aromatic heterocycles. The van der Waals surface area contributed by atoms with Crippen molar-refractivity contribution < 1.29 is 14.3 Å². The van der Waals surface area contributed by atoms with Crippen LogP contribution in [0.15, 0.2) is 23.1 Å². The van der Waals surface area contributed by atoms with Crippen LogP contribution < -0.4 is 5.69 Å². The number of likely N-dealkylation sites (tertiary alicyclic amines) is 1. The highest BCUT2D eigenvalue weighted by atomic mass is 16.7. The minimum atomic E-state index is -0.504. The van der Waals surface area contributed by atoms with E-state index in [1.54, 1.807) is 15.3 Å². The third kappa shape index (κ3) is 2.95. The van der Waals surface area contributed by atoms with Gasteiger partial charge in [0.25, 0.3) is 0 Å². The number of ether oxygens (including phenoxy) is 2. The Kier molecular flexibility index (Phi) is 4.47. The van der Waals surface area contributed by atoms with Gasteiger partial charge >= 0.3 is 5.69 Å². The number of hydrogen-bond acceptors (Lipinski definition) is 5. The largest absolute Gasteiger partial charge is 0.347 e.